The third-order valence-electron chi connectivity index (χ3n) is 1.67. The van der Waals surface area contributed by atoms with E-state index in [9.17, 15) is 12.8 Å². The first kappa shape index (κ1) is 13.4. The number of rotatable bonds is 2. The summed E-state index contributed by atoms with van der Waals surface area (Å²) in [7, 11) is -3.33. The van der Waals surface area contributed by atoms with Crippen molar-refractivity contribution in [2.24, 2.45) is 5.73 Å². The van der Waals surface area contributed by atoms with E-state index in [1.54, 1.807) is 0 Å². The van der Waals surface area contributed by atoms with Crippen LogP contribution in [-0.4, -0.2) is 14.7 Å². The smallest absolute Gasteiger partial charge is 0.175 e. The van der Waals surface area contributed by atoms with Crippen LogP contribution in [0.4, 0.5) is 4.39 Å². The summed E-state index contributed by atoms with van der Waals surface area (Å²) in [5.74, 6) is -0.578. The van der Waals surface area contributed by atoms with Crippen molar-refractivity contribution in [2.75, 3.05) is 6.26 Å². The Hall–Kier alpha value is -0.650. The lowest BCUT2D eigenvalue weighted by Gasteiger charge is -2.01. The van der Waals surface area contributed by atoms with E-state index in [2.05, 4.69) is 0 Å². The zero-order valence-electron chi connectivity index (χ0n) is 7.53. The number of nitrogens with two attached hydrogens (primary N) is 1. The SMILES string of the molecule is CS(=O)(=O)c1ccc(CN)c(F)c1.Cl. The van der Waals surface area contributed by atoms with Gasteiger partial charge in [-0.25, -0.2) is 12.8 Å². The van der Waals surface area contributed by atoms with E-state index in [1.807, 2.05) is 0 Å². The normalized spacial score (nSPS) is 10.8. The van der Waals surface area contributed by atoms with Gasteiger partial charge in [-0.15, -0.1) is 12.4 Å². The van der Waals surface area contributed by atoms with E-state index in [0.29, 0.717) is 5.56 Å². The van der Waals surface area contributed by atoms with Gasteiger partial charge in [0, 0.05) is 18.4 Å². The highest BCUT2D eigenvalue weighted by Crippen LogP contribution is 2.14. The van der Waals surface area contributed by atoms with Gasteiger partial charge in [-0.3, -0.25) is 0 Å². The summed E-state index contributed by atoms with van der Waals surface area (Å²) in [6, 6.07) is 3.71. The van der Waals surface area contributed by atoms with Crippen LogP contribution in [0.5, 0.6) is 0 Å². The van der Waals surface area contributed by atoms with Crippen LogP contribution in [0.15, 0.2) is 23.1 Å². The summed E-state index contributed by atoms with van der Waals surface area (Å²) >= 11 is 0. The molecule has 0 unspecified atom stereocenters. The second kappa shape index (κ2) is 4.72. The number of halogens is 2. The molecule has 0 saturated carbocycles. The molecule has 0 spiro atoms. The van der Waals surface area contributed by atoms with Crippen molar-refractivity contribution in [2.45, 2.75) is 11.4 Å². The molecule has 0 radical (unpaired) electrons. The van der Waals surface area contributed by atoms with Gasteiger partial charge in [-0.05, 0) is 12.1 Å². The van der Waals surface area contributed by atoms with Gasteiger partial charge in [0.25, 0.3) is 0 Å². The quantitative estimate of drug-likeness (QED) is 0.841. The van der Waals surface area contributed by atoms with Gasteiger partial charge in [0.15, 0.2) is 9.84 Å². The summed E-state index contributed by atoms with van der Waals surface area (Å²) in [5, 5.41) is 0. The third-order valence-corrected chi connectivity index (χ3v) is 2.78. The second-order valence-corrected chi connectivity index (χ2v) is 4.75. The van der Waals surface area contributed by atoms with Gasteiger partial charge >= 0.3 is 0 Å². The zero-order valence-corrected chi connectivity index (χ0v) is 9.16. The maximum atomic E-state index is 13.0. The maximum absolute atomic E-state index is 13.0. The minimum Gasteiger partial charge on any atom is -0.326 e. The Bertz CT molecular complexity index is 419. The molecule has 0 amide bonds. The average Bonchev–Trinajstić information content (AvgIpc) is 2.02. The minimum atomic E-state index is -3.33. The van der Waals surface area contributed by atoms with Crippen molar-refractivity contribution in [3.63, 3.8) is 0 Å². The molecule has 6 heteroatoms. The molecule has 0 aliphatic carbocycles. The van der Waals surface area contributed by atoms with E-state index in [4.69, 9.17) is 5.73 Å². The Morgan fingerprint density at radius 3 is 2.36 bits per heavy atom. The highest BCUT2D eigenvalue weighted by molar-refractivity contribution is 7.90. The van der Waals surface area contributed by atoms with Crippen LogP contribution in [0, 0.1) is 5.82 Å². The molecule has 0 bridgehead atoms. The molecule has 0 aromatic heterocycles. The Balaban J connectivity index is 0.00000169. The van der Waals surface area contributed by atoms with Crippen LogP contribution in [0.3, 0.4) is 0 Å². The average molecular weight is 240 g/mol. The predicted molar refractivity (Wildman–Crippen MR) is 54.6 cm³/mol. The number of sulfone groups is 1. The molecule has 0 fully saturated rings. The molecule has 0 aliphatic heterocycles. The monoisotopic (exact) mass is 239 g/mol. The summed E-state index contributed by atoms with van der Waals surface area (Å²) in [5.41, 5.74) is 5.53. The number of benzene rings is 1. The first-order valence-corrected chi connectivity index (χ1v) is 5.53. The predicted octanol–water partition coefficient (Wildman–Crippen LogP) is 1.11. The maximum Gasteiger partial charge on any atom is 0.175 e. The second-order valence-electron chi connectivity index (χ2n) is 2.73. The van der Waals surface area contributed by atoms with Gasteiger partial charge in [0.1, 0.15) is 5.82 Å². The van der Waals surface area contributed by atoms with Gasteiger partial charge < -0.3 is 5.73 Å². The molecule has 80 valence electrons. The fourth-order valence-electron chi connectivity index (χ4n) is 0.924. The van der Waals surface area contributed by atoms with Gasteiger partial charge in [0.05, 0.1) is 4.90 Å². The van der Waals surface area contributed by atoms with Crippen LogP contribution in [-0.2, 0) is 16.4 Å². The highest BCUT2D eigenvalue weighted by atomic mass is 35.5. The summed E-state index contributed by atoms with van der Waals surface area (Å²) < 4.78 is 35.0. The standard InChI is InChI=1S/C8H10FNO2S.ClH/c1-13(11,12)7-3-2-6(5-10)8(9)4-7;/h2-4H,5,10H2,1H3;1H. The van der Waals surface area contributed by atoms with E-state index in [0.717, 1.165) is 12.3 Å². The lowest BCUT2D eigenvalue weighted by atomic mass is 10.2. The van der Waals surface area contributed by atoms with E-state index >= 15 is 0 Å². The van der Waals surface area contributed by atoms with Crippen molar-refractivity contribution in [1.82, 2.24) is 0 Å². The number of hydrogen-bond acceptors (Lipinski definition) is 3. The Morgan fingerprint density at radius 1 is 1.43 bits per heavy atom. The largest absolute Gasteiger partial charge is 0.326 e. The number of hydrogen-bond donors (Lipinski definition) is 1. The Morgan fingerprint density at radius 2 is 2.00 bits per heavy atom. The molecule has 1 aromatic rings. The van der Waals surface area contributed by atoms with E-state index < -0.39 is 15.7 Å². The Labute approximate surface area is 88.4 Å². The van der Waals surface area contributed by atoms with Crippen LogP contribution in [0.2, 0.25) is 0 Å². The Kier molecular flexibility index (Phi) is 4.51. The van der Waals surface area contributed by atoms with Gasteiger partial charge in [0.2, 0.25) is 0 Å². The zero-order chi connectivity index (χ0) is 10.1. The van der Waals surface area contributed by atoms with Crippen molar-refractivity contribution in [3.05, 3.63) is 29.6 Å². The molecular weight excluding hydrogens is 229 g/mol. The molecule has 2 N–H and O–H groups in total. The molecule has 14 heavy (non-hydrogen) atoms. The fourth-order valence-corrected chi connectivity index (χ4v) is 1.56. The first-order valence-electron chi connectivity index (χ1n) is 3.63. The molecule has 3 nitrogen and oxygen atoms in total. The summed E-state index contributed by atoms with van der Waals surface area (Å²) in [4.78, 5) is -0.0257. The third kappa shape index (κ3) is 2.94. The summed E-state index contributed by atoms with van der Waals surface area (Å²) in [6.45, 7) is 0.0654. The minimum absolute atomic E-state index is 0. The van der Waals surface area contributed by atoms with Crippen LogP contribution in [0.25, 0.3) is 0 Å². The molecule has 0 heterocycles. The van der Waals surface area contributed by atoms with Gasteiger partial charge in [-0.1, -0.05) is 6.07 Å². The van der Waals surface area contributed by atoms with Crippen molar-refractivity contribution >= 4 is 22.2 Å². The molecule has 0 saturated heterocycles. The lowest BCUT2D eigenvalue weighted by molar-refractivity contribution is 0.591. The van der Waals surface area contributed by atoms with Crippen molar-refractivity contribution < 1.29 is 12.8 Å². The van der Waals surface area contributed by atoms with Crippen molar-refractivity contribution in [3.8, 4) is 0 Å². The topological polar surface area (TPSA) is 60.2 Å². The molecule has 1 rings (SSSR count). The fraction of sp³-hybridized carbons (Fsp3) is 0.250. The van der Waals surface area contributed by atoms with Gasteiger partial charge in [-0.2, -0.15) is 0 Å². The van der Waals surface area contributed by atoms with E-state index in [1.165, 1.54) is 12.1 Å². The van der Waals surface area contributed by atoms with E-state index in [-0.39, 0.29) is 23.8 Å². The molecule has 0 aliphatic rings. The lowest BCUT2D eigenvalue weighted by Crippen LogP contribution is -2.03. The van der Waals surface area contributed by atoms with Crippen molar-refractivity contribution in [1.29, 1.82) is 0 Å². The van der Waals surface area contributed by atoms with Crippen LogP contribution >= 0.6 is 12.4 Å². The molecule has 0 atom stereocenters. The van der Waals surface area contributed by atoms with Crippen LogP contribution in [0.1, 0.15) is 5.56 Å². The van der Waals surface area contributed by atoms with Crippen LogP contribution < -0.4 is 5.73 Å². The first-order chi connectivity index (χ1) is 5.95. The molecule has 1 aromatic carbocycles. The highest BCUT2D eigenvalue weighted by Gasteiger charge is 2.09. The summed E-state index contributed by atoms with van der Waals surface area (Å²) in [6.07, 6.45) is 1.03. The molecular formula is C8H11ClFNO2S.